The highest BCUT2D eigenvalue weighted by Crippen LogP contribution is 2.10. The molecule has 2 amide bonds. The van der Waals surface area contributed by atoms with Crippen molar-refractivity contribution in [2.75, 3.05) is 79.0 Å². The molecule has 10 nitrogen and oxygen atoms in total. The largest absolute Gasteiger partial charge is 0.377 e. The Morgan fingerprint density at radius 3 is 1.12 bits per heavy atom. The van der Waals surface area contributed by atoms with Crippen LogP contribution in [0.25, 0.3) is 0 Å². The minimum absolute atomic E-state index is 0.0798. The van der Waals surface area contributed by atoms with Crippen LogP contribution in [0.5, 0.6) is 0 Å². The van der Waals surface area contributed by atoms with E-state index in [9.17, 15) is 9.59 Å². The van der Waals surface area contributed by atoms with Crippen molar-refractivity contribution < 1.29 is 28.5 Å². The van der Waals surface area contributed by atoms with Crippen molar-refractivity contribution in [3.63, 3.8) is 0 Å². The average Bonchev–Trinajstić information content (AvgIpc) is 2.85. The zero-order chi connectivity index (χ0) is 25.3. The highest BCUT2D eigenvalue weighted by molar-refractivity contribution is 5.82. The maximum Gasteiger partial charge on any atom is 0.239 e. The number of ether oxygens (including phenoxy) is 4. The smallest absolute Gasteiger partial charge is 0.239 e. The van der Waals surface area contributed by atoms with Gasteiger partial charge in [0.05, 0.1) is 64.9 Å². The number of nitrogens with two attached hydrogens (primary N) is 2. The first-order chi connectivity index (χ1) is 16.3. The Morgan fingerprint density at radius 1 is 0.618 bits per heavy atom. The fourth-order valence-corrected chi connectivity index (χ4v) is 3.42. The molecule has 0 spiro atoms. The Morgan fingerprint density at radius 2 is 0.882 bits per heavy atom. The Kier molecular flexibility index (Phi) is 16.3. The Bertz CT molecular complexity index is 500. The molecular formula is C24H48N4O6. The standard InChI is InChI=1S/C24H48N4O6/c1-5-19(3)21(25)23(29)27-7-11-31-15-17-33-13-9-28(24(30)22(26)20(4)6-2)10-14-34-18-16-32-12-8-27/h19-22H,5-18,25-26H2,1-4H3/t19-,20-,21-,22+/m0/s1. The topological polar surface area (TPSA) is 130 Å². The molecule has 4 atom stereocenters. The van der Waals surface area contributed by atoms with Gasteiger partial charge in [-0.1, -0.05) is 40.5 Å². The van der Waals surface area contributed by atoms with Gasteiger partial charge in [-0.15, -0.1) is 0 Å². The molecule has 1 fully saturated rings. The van der Waals surface area contributed by atoms with Crippen LogP contribution in [0.4, 0.5) is 0 Å². The van der Waals surface area contributed by atoms with Gasteiger partial charge in [0, 0.05) is 26.2 Å². The SMILES string of the molecule is CC[C@H](C)[C@H](N)C(=O)N1CCOCCOCCN(C(=O)[C@H](N)[C@@H](C)CC)CCOCCOCC1. The monoisotopic (exact) mass is 488 g/mol. The lowest BCUT2D eigenvalue weighted by Gasteiger charge is -2.28. The van der Waals surface area contributed by atoms with E-state index in [1.165, 1.54) is 0 Å². The summed E-state index contributed by atoms with van der Waals surface area (Å²) in [5.74, 6) is 0.0540. The molecule has 1 aliphatic heterocycles. The molecule has 200 valence electrons. The summed E-state index contributed by atoms with van der Waals surface area (Å²) in [6, 6.07) is -1.07. The number of carbonyl (C=O) groups is 2. The quantitative estimate of drug-likeness (QED) is 0.552. The lowest BCUT2D eigenvalue weighted by atomic mass is 9.99. The zero-order valence-electron chi connectivity index (χ0n) is 21.7. The van der Waals surface area contributed by atoms with Gasteiger partial charge in [0.2, 0.25) is 11.8 Å². The Labute approximate surface area is 205 Å². The summed E-state index contributed by atoms with van der Waals surface area (Å²) < 4.78 is 22.7. The third-order valence-corrected chi connectivity index (χ3v) is 6.47. The second-order valence-corrected chi connectivity index (χ2v) is 8.92. The average molecular weight is 489 g/mol. The number of carbonyl (C=O) groups excluding carboxylic acids is 2. The van der Waals surface area contributed by atoms with Crippen molar-refractivity contribution in [3.8, 4) is 0 Å². The fourth-order valence-electron chi connectivity index (χ4n) is 3.42. The van der Waals surface area contributed by atoms with E-state index in [2.05, 4.69) is 0 Å². The van der Waals surface area contributed by atoms with E-state index in [1.54, 1.807) is 9.80 Å². The molecule has 0 aromatic heterocycles. The van der Waals surface area contributed by atoms with E-state index in [0.717, 1.165) is 12.8 Å². The second kappa shape index (κ2) is 18.0. The third-order valence-electron chi connectivity index (χ3n) is 6.47. The maximum atomic E-state index is 12.8. The molecule has 1 rings (SSSR count). The van der Waals surface area contributed by atoms with Gasteiger partial charge in [0.15, 0.2) is 0 Å². The van der Waals surface area contributed by atoms with Gasteiger partial charge in [0.1, 0.15) is 0 Å². The lowest BCUT2D eigenvalue weighted by molar-refractivity contribution is -0.137. The fraction of sp³-hybridized carbons (Fsp3) is 0.917. The van der Waals surface area contributed by atoms with E-state index in [4.69, 9.17) is 30.4 Å². The summed E-state index contributed by atoms with van der Waals surface area (Å²) in [4.78, 5) is 29.1. The van der Waals surface area contributed by atoms with Gasteiger partial charge >= 0.3 is 0 Å². The first-order valence-electron chi connectivity index (χ1n) is 12.7. The molecule has 0 aromatic carbocycles. The lowest BCUT2D eigenvalue weighted by Crippen LogP contribution is -2.49. The predicted octanol–water partition coefficient (Wildman–Crippen LogP) is 0.470. The summed E-state index contributed by atoms with van der Waals surface area (Å²) in [6.45, 7) is 13.0. The van der Waals surface area contributed by atoms with Crippen molar-refractivity contribution in [1.82, 2.24) is 9.80 Å². The first kappa shape index (κ1) is 30.7. The van der Waals surface area contributed by atoms with Crippen LogP contribution in [0.15, 0.2) is 0 Å². The van der Waals surface area contributed by atoms with Crippen LogP contribution in [0, 0.1) is 11.8 Å². The Balaban J connectivity index is 2.61. The van der Waals surface area contributed by atoms with Gasteiger partial charge < -0.3 is 40.2 Å². The van der Waals surface area contributed by atoms with Crippen LogP contribution < -0.4 is 11.5 Å². The molecule has 0 saturated carbocycles. The van der Waals surface area contributed by atoms with Crippen LogP contribution in [0.3, 0.4) is 0 Å². The van der Waals surface area contributed by atoms with Crippen LogP contribution >= 0.6 is 0 Å². The van der Waals surface area contributed by atoms with Gasteiger partial charge in [-0.25, -0.2) is 0 Å². The number of amides is 2. The summed E-state index contributed by atoms with van der Waals surface area (Å²) in [7, 11) is 0. The highest BCUT2D eigenvalue weighted by atomic mass is 16.5. The molecule has 1 aliphatic rings. The van der Waals surface area contributed by atoms with E-state index in [0.29, 0.717) is 79.0 Å². The summed E-state index contributed by atoms with van der Waals surface area (Å²) in [6.07, 6.45) is 1.68. The molecule has 0 aromatic rings. The minimum atomic E-state index is -0.534. The molecular weight excluding hydrogens is 440 g/mol. The van der Waals surface area contributed by atoms with E-state index in [-0.39, 0.29) is 23.7 Å². The number of rotatable bonds is 6. The van der Waals surface area contributed by atoms with E-state index < -0.39 is 12.1 Å². The maximum absolute atomic E-state index is 12.8. The van der Waals surface area contributed by atoms with Crippen molar-refractivity contribution in [2.24, 2.45) is 23.3 Å². The third kappa shape index (κ3) is 11.4. The molecule has 4 N–H and O–H groups in total. The molecule has 0 aliphatic carbocycles. The number of nitrogens with zero attached hydrogens (tertiary/aromatic N) is 2. The first-order valence-corrected chi connectivity index (χ1v) is 12.7. The molecule has 10 heteroatoms. The molecule has 0 bridgehead atoms. The highest BCUT2D eigenvalue weighted by Gasteiger charge is 2.26. The molecule has 34 heavy (non-hydrogen) atoms. The molecule has 0 unspecified atom stereocenters. The van der Waals surface area contributed by atoms with Crippen LogP contribution in [-0.2, 0) is 28.5 Å². The van der Waals surface area contributed by atoms with Gasteiger partial charge in [-0.3, -0.25) is 9.59 Å². The Hall–Kier alpha value is -1.30. The summed E-state index contributed by atoms with van der Waals surface area (Å²) in [5, 5.41) is 0. The molecule has 1 saturated heterocycles. The van der Waals surface area contributed by atoms with Crippen molar-refractivity contribution in [1.29, 1.82) is 0 Å². The number of hydrogen-bond donors (Lipinski definition) is 2. The van der Waals surface area contributed by atoms with Crippen LogP contribution in [0.1, 0.15) is 40.5 Å². The molecule has 0 radical (unpaired) electrons. The second-order valence-electron chi connectivity index (χ2n) is 8.92. The van der Waals surface area contributed by atoms with Gasteiger partial charge in [-0.05, 0) is 11.8 Å². The summed E-state index contributed by atoms with van der Waals surface area (Å²) >= 11 is 0. The van der Waals surface area contributed by atoms with E-state index >= 15 is 0 Å². The van der Waals surface area contributed by atoms with Crippen LogP contribution in [-0.4, -0.2) is 113 Å². The van der Waals surface area contributed by atoms with E-state index in [1.807, 2.05) is 27.7 Å². The zero-order valence-corrected chi connectivity index (χ0v) is 21.7. The molecule has 1 heterocycles. The predicted molar refractivity (Wildman–Crippen MR) is 131 cm³/mol. The normalized spacial score (nSPS) is 22.2. The van der Waals surface area contributed by atoms with Gasteiger partial charge in [-0.2, -0.15) is 0 Å². The summed E-state index contributed by atoms with van der Waals surface area (Å²) in [5.41, 5.74) is 12.3. The van der Waals surface area contributed by atoms with Crippen molar-refractivity contribution >= 4 is 11.8 Å². The minimum Gasteiger partial charge on any atom is -0.377 e. The van der Waals surface area contributed by atoms with Crippen molar-refractivity contribution in [3.05, 3.63) is 0 Å². The van der Waals surface area contributed by atoms with Gasteiger partial charge in [0.25, 0.3) is 0 Å². The van der Waals surface area contributed by atoms with Crippen LogP contribution in [0.2, 0.25) is 0 Å². The number of hydrogen-bond acceptors (Lipinski definition) is 8. The van der Waals surface area contributed by atoms with Crippen molar-refractivity contribution in [2.45, 2.75) is 52.6 Å².